The number of nitrogens with zero attached hydrogens (tertiary/aromatic N) is 5. The van der Waals surface area contributed by atoms with E-state index in [0.717, 1.165) is 0 Å². The average Bonchev–Trinajstić information content (AvgIpc) is 2.85. The molecule has 2 heterocycles. The molecule has 0 radical (unpaired) electrons. The van der Waals surface area contributed by atoms with Crippen LogP contribution in [0.4, 0.5) is 5.82 Å². The summed E-state index contributed by atoms with van der Waals surface area (Å²) in [6, 6.07) is 0. The minimum absolute atomic E-state index is 0.191. The minimum atomic E-state index is -0.512. The Balaban J connectivity index is 2.55. The molecule has 2 aromatic rings. The number of hydrogen-bond acceptors (Lipinski definition) is 5. The summed E-state index contributed by atoms with van der Waals surface area (Å²) in [5, 5.41) is 10.9. The monoisotopic (exact) mass is 236 g/mol. The van der Waals surface area contributed by atoms with E-state index in [4.69, 9.17) is 5.73 Å². The van der Waals surface area contributed by atoms with E-state index in [1.54, 1.807) is 28.6 Å². The first-order chi connectivity index (χ1) is 8.15. The van der Waals surface area contributed by atoms with Gasteiger partial charge in [-0.3, -0.25) is 9.13 Å². The summed E-state index contributed by atoms with van der Waals surface area (Å²) in [7, 11) is 1.70. The minimum Gasteiger partial charge on any atom is -0.358 e. The van der Waals surface area contributed by atoms with Crippen LogP contribution in [0.3, 0.4) is 0 Å². The highest BCUT2D eigenvalue weighted by atomic mass is 16.6. The molecule has 0 amide bonds. The van der Waals surface area contributed by atoms with Gasteiger partial charge in [-0.2, -0.15) is 0 Å². The van der Waals surface area contributed by atoms with Gasteiger partial charge in [0.15, 0.2) is 0 Å². The molecule has 0 atom stereocenters. The van der Waals surface area contributed by atoms with Crippen molar-refractivity contribution in [2.45, 2.75) is 6.42 Å². The fourth-order valence-electron chi connectivity index (χ4n) is 1.66. The van der Waals surface area contributed by atoms with E-state index < -0.39 is 4.92 Å². The van der Waals surface area contributed by atoms with Crippen LogP contribution in [0.1, 0.15) is 5.82 Å². The number of nitro groups is 1. The molecular weight excluding hydrogens is 224 g/mol. The topological polar surface area (TPSA) is 105 Å². The molecule has 0 aliphatic carbocycles. The first kappa shape index (κ1) is 11.3. The summed E-state index contributed by atoms with van der Waals surface area (Å²) in [4.78, 5) is 18.2. The van der Waals surface area contributed by atoms with Gasteiger partial charge in [-0.25, -0.2) is 4.98 Å². The van der Waals surface area contributed by atoms with Crippen LogP contribution in [0, 0.1) is 10.1 Å². The highest BCUT2D eigenvalue weighted by Crippen LogP contribution is 2.21. The number of rotatable bonds is 4. The maximum absolute atomic E-state index is 10.9. The predicted molar refractivity (Wildman–Crippen MR) is 59.7 cm³/mol. The first-order valence-corrected chi connectivity index (χ1v) is 5.03. The van der Waals surface area contributed by atoms with Crippen molar-refractivity contribution in [3.05, 3.63) is 34.7 Å². The maximum atomic E-state index is 10.9. The van der Waals surface area contributed by atoms with E-state index >= 15 is 0 Å². The molecule has 17 heavy (non-hydrogen) atoms. The molecule has 0 saturated heterocycles. The number of aromatic nitrogens is 4. The Kier molecular flexibility index (Phi) is 2.88. The Hall–Kier alpha value is -2.22. The van der Waals surface area contributed by atoms with Gasteiger partial charge < -0.3 is 15.8 Å². The SMILES string of the molecule is Cn1cnc([N+](=O)[O-])c1-n1ccnc1CCN. The summed E-state index contributed by atoms with van der Waals surface area (Å²) in [6.45, 7) is 0.433. The Labute approximate surface area is 96.9 Å². The van der Waals surface area contributed by atoms with Crippen molar-refractivity contribution in [3.63, 3.8) is 0 Å². The first-order valence-electron chi connectivity index (χ1n) is 5.03. The van der Waals surface area contributed by atoms with Gasteiger partial charge in [0.05, 0.1) is 0 Å². The molecule has 0 unspecified atom stereocenters. The van der Waals surface area contributed by atoms with Crippen LogP contribution in [-0.2, 0) is 13.5 Å². The second-order valence-electron chi connectivity index (χ2n) is 3.51. The van der Waals surface area contributed by atoms with Gasteiger partial charge in [-0.05, 0) is 16.5 Å². The van der Waals surface area contributed by atoms with Crippen LogP contribution in [-0.4, -0.2) is 30.6 Å². The van der Waals surface area contributed by atoms with Gasteiger partial charge in [-0.1, -0.05) is 0 Å². The second kappa shape index (κ2) is 4.34. The van der Waals surface area contributed by atoms with Crippen LogP contribution in [0.5, 0.6) is 0 Å². The molecular formula is C9H12N6O2. The molecule has 90 valence electrons. The predicted octanol–water partition coefficient (Wildman–Crippen LogP) is 0.0152. The van der Waals surface area contributed by atoms with E-state index in [-0.39, 0.29) is 5.82 Å². The van der Waals surface area contributed by atoms with E-state index in [9.17, 15) is 10.1 Å². The molecule has 0 aromatic carbocycles. The molecule has 2 rings (SSSR count). The van der Waals surface area contributed by atoms with Crippen molar-refractivity contribution >= 4 is 5.82 Å². The Morgan fingerprint density at radius 3 is 2.94 bits per heavy atom. The van der Waals surface area contributed by atoms with Crippen molar-refractivity contribution in [1.29, 1.82) is 0 Å². The van der Waals surface area contributed by atoms with Gasteiger partial charge in [0.2, 0.25) is 12.1 Å². The third-order valence-electron chi connectivity index (χ3n) is 2.37. The highest BCUT2D eigenvalue weighted by molar-refractivity contribution is 5.42. The Bertz CT molecular complexity index is 543. The van der Waals surface area contributed by atoms with Crippen LogP contribution in [0.2, 0.25) is 0 Å². The fraction of sp³-hybridized carbons (Fsp3) is 0.333. The van der Waals surface area contributed by atoms with Gasteiger partial charge in [0, 0.05) is 25.9 Å². The van der Waals surface area contributed by atoms with Crippen molar-refractivity contribution in [3.8, 4) is 5.82 Å². The normalized spacial score (nSPS) is 10.7. The Morgan fingerprint density at radius 1 is 1.53 bits per heavy atom. The van der Waals surface area contributed by atoms with Crippen LogP contribution in [0.25, 0.3) is 5.82 Å². The molecule has 8 heteroatoms. The van der Waals surface area contributed by atoms with Gasteiger partial charge in [0.25, 0.3) is 0 Å². The van der Waals surface area contributed by atoms with Crippen LogP contribution in [0.15, 0.2) is 18.7 Å². The molecule has 0 aliphatic heterocycles. The summed E-state index contributed by atoms with van der Waals surface area (Å²) in [5.41, 5.74) is 5.47. The number of hydrogen-bond donors (Lipinski definition) is 1. The van der Waals surface area contributed by atoms with Gasteiger partial charge in [-0.15, -0.1) is 0 Å². The van der Waals surface area contributed by atoms with Crippen molar-refractivity contribution < 1.29 is 4.92 Å². The summed E-state index contributed by atoms with van der Waals surface area (Å²) < 4.78 is 3.22. The van der Waals surface area contributed by atoms with E-state index in [0.29, 0.717) is 24.6 Å². The molecule has 0 fully saturated rings. The van der Waals surface area contributed by atoms with Crippen LogP contribution < -0.4 is 5.73 Å². The smallest absolute Gasteiger partial charge is 0.358 e. The molecule has 2 N–H and O–H groups in total. The zero-order chi connectivity index (χ0) is 12.4. The van der Waals surface area contributed by atoms with E-state index in [1.807, 2.05) is 0 Å². The zero-order valence-electron chi connectivity index (χ0n) is 9.28. The molecule has 8 nitrogen and oxygen atoms in total. The molecule has 0 saturated carbocycles. The van der Waals surface area contributed by atoms with Crippen molar-refractivity contribution in [1.82, 2.24) is 19.1 Å². The third kappa shape index (κ3) is 1.89. The van der Waals surface area contributed by atoms with E-state index in [2.05, 4.69) is 9.97 Å². The van der Waals surface area contributed by atoms with Crippen molar-refractivity contribution in [2.24, 2.45) is 12.8 Å². The lowest BCUT2D eigenvalue weighted by atomic mass is 10.4. The molecule has 0 bridgehead atoms. The number of imidazole rings is 2. The fourth-order valence-corrected chi connectivity index (χ4v) is 1.66. The zero-order valence-corrected chi connectivity index (χ0v) is 9.28. The van der Waals surface area contributed by atoms with E-state index in [1.165, 1.54) is 6.33 Å². The summed E-state index contributed by atoms with van der Waals surface area (Å²) in [5.74, 6) is 0.874. The summed E-state index contributed by atoms with van der Waals surface area (Å²) in [6.07, 6.45) is 5.20. The van der Waals surface area contributed by atoms with Crippen molar-refractivity contribution in [2.75, 3.05) is 6.54 Å². The second-order valence-corrected chi connectivity index (χ2v) is 3.51. The maximum Gasteiger partial charge on any atom is 0.407 e. The third-order valence-corrected chi connectivity index (χ3v) is 2.37. The average molecular weight is 236 g/mol. The molecule has 0 aliphatic rings. The Morgan fingerprint density at radius 2 is 2.29 bits per heavy atom. The lowest BCUT2D eigenvalue weighted by molar-refractivity contribution is -0.389. The van der Waals surface area contributed by atoms with Crippen LogP contribution >= 0.6 is 0 Å². The standard InChI is InChI=1S/C9H12N6O2/c1-13-6-12-8(15(16)17)9(13)14-5-4-11-7(14)2-3-10/h4-6H,2-3,10H2,1H3. The summed E-state index contributed by atoms with van der Waals surface area (Å²) >= 11 is 0. The molecule has 2 aromatic heterocycles. The highest BCUT2D eigenvalue weighted by Gasteiger charge is 2.23. The lowest BCUT2D eigenvalue weighted by Crippen LogP contribution is -2.11. The van der Waals surface area contributed by atoms with Gasteiger partial charge >= 0.3 is 5.82 Å². The quantitative estimate of drug-likeness (QED) is 0.595. The largest absolute Gasteiger partial charge is 0.407 e. The number of aryl methyl sites for hydroxylation is 1. The lowest BCUT2D eigenvalue weighted by Gasteiger charge is -2.06. The van der Waals surface area contributed by atoms with Gasteiger partial charge in [0.1, 0.15) is 5.82 Å². The number of nitrogens with two attached hydrogens (primary N) is 1. The molecule has 0 spiro atoms.